The van der Waals surface area contributed by atoms with E-state index in [1.165, 1.54) is 0 Å². The van der Waals surface area contributed by atoms with Gasteiger partial charge < -0.3 is 4.43 Å². The lowest BCUT2D eigenvalue weighted by Crippen LogP contribution is -2.48. The molecule has 1 aliphatic rings. The van der Waals surface area contributed by atoms with Crippen LogP contribution in [-0.2, 0) is 9.22 Å². The van der Waals surface area contributed by atoms with Gasteiger partial charge in [0.05, 0.1) is 0 Å². The normalized spacial score (nSPS) is 26.2. The van der Waals surface area contributed by atoms with E-state index in [1.807, 2.05) is 0 Å². The number of rotatable bonds is 2. The number of ketones is 1. The van der Waals surface area contributed by atoms with Crippen molar-refractivity contribution < 1.29 is 9.22 Å². The van der Waals surface area contributed by atoms with Gasteiger partial charge in [0.1, 0.15) is 6.10 Å². The fourth-order valence-corrected chi connectivity index (χ4v) is 3.23. The molecule has 1 saturated carbocycles. The lowest BCUT2D eigenvalue weighted by atomic mass is 9.89. The van der Waals surface area contributed by atoms with E-state index in [0.29, 0.717) is 12.2 Å². The number of carbonyl (C=O) groups excluding carboxylic acids is 1. The molecule has 0 aromatic heterocycles. The highest BCUT2D eigenvalue weighted by Crippen LogP contribution is 2.43. The van der Waals surface area contributed by atoms with Crippen molar-refractivity contribution in [3.8, 4) is 0 Å². The average molecular weight is 242 g/mol. The van der Waals surface area contributed by atoms with Gasteiger partial charge in [-0.1, -0.05) is 34.6 Å². The largest absolute Gasteiger partial charge is 0.406 e. The third-order valence-electron chi connectivity index (χ3n) is 4.24. The fraction of sp³-hybridized carbons (Fsp3) is 0.923. The van der Waals surface area contributed by atoms with Crippen LogP contribution in [0, 0.1) is 5.41 Å². The van der Waals surface area contributed by atoms with Crippen LogP contribution in [0.1, 0.15) is 47.5 Å². The van der Waals surface area contributed by atoms with Crippen molar-refractivity contribution in [1.82, 2.24) is 0 Å². The zero-order valence-corrected chi connectivity index (χ0v) is 12.8. The first-order valence-electron chi connectivity index (χ1n) is 6.18. The van der Waals surface area contributed by atoms with E-state index < -0.39 is 8.32 Å². The summed E-state index contributed by atoms with van der Waals surface area (Å²) in [7, 11) is -1.82. The summed E-state index contributed by atoms with van der Waals surface area (Å²) in [6, 6.07) is 0. The van der Waals surface area contributed by atoms with E-state index >= 15 is 0 Å². The predicted molar refractivity (Wildman–Crippen MR) is 70.1 cm³/mol. The van der Waals surface area contributed by atoms with Gasteiger partial charge in [0.25, 0.3) is 0 Å². The second-order valence-corrected chi connectivity index (χ2v) is 12.0. The maximum atomic E-state index is 11.9. The average Bonchev–Trinajstić information content (AvgIpc) is 2.29. The molecule has 0 aromatic carbocycles. The summed E-state index contributed by atoms with van der Waals surface area (Å²) in [5, 5.41) is 0.173. The van der Waals surface area contributed by atoms with E-state index in [0.717, 1.165) is 6.42 Å². The summed E-state index contributed by atoms with van der Waals surface area (Å²) in [5.74, 6) is 0.301. The SMILES string of the molecule is CC1(C)CCC(=O)[C@H]1O[Si](C)(C)C(C)(C)C. The van der Waals surface area contributed by atoms with Crippen molar-refractivity contribution in [2.75, 3.05) is 0 Å². The molecule has 0 spiro atoms. The van der Waals surface area contributed by atoms with Crippen LogP contribution in [0.2, 0.25) is 18.1 Å². The Kier molecular flexibility index (Phi) is 3.43. The molecule has 16 heavy (non-hydrogen) atoms. The third-order valence-corrected chi connectivity index (χ3v) is 8.67. The molecule has 0 N–H and O–H groups in total. The van der Waals surface area contributed by atoms with E-state index in [4.69, 9.17) is 4.43 Å². The Morgan fingerprint density at radius 1 is 1.31 bits per heavy atom. The first kappa shape index (κ1) is 13.9. The summed E-state index contributed by atoms with van der Waals surface area (Å²) >= 11 is 0. The van der Waals surface area contributed by atoms with Crippen LogP contribution in [0.5, 0.6) is 0 Å². The Bertz CT molecular complexity index is 287. The summed E-state index contributed by atoms with van der Waals surface area (Å²) in [6.07, 6.45) is 1.48. The van der Waals surface area contributed by atoms with Crippen LogP contribution in [0.15, 0.2) is 0 Å². The molecule has 0 heterocycles. The molecular formula is C13H26O2Si. The summed E-state index contributed by atoms with van der Waals surface area (Å²) in [6.45, 7) is 15.4. The van der Waals surface area contributed by atoms with Crippen LogP contribution < -0.4 is 0 Å². The van der Waals surface area contributed by atoms with E-state index in [9.17, 15) is 4.79 Å². The van der Waals surface area contributed by atoms with Gasteiger partial charge in [-0.15, -0.1) is 0 Å². The monoisotopic (exact) mass is 242 g/mol. The highest BCUT2D eigenvalue weighted by Gasteiger charge is 2.48. The molecule has 2 nitrogen and oxygen atoms in total. The Morgan fingerprint density at radius 3 is 2.12 bits per heavy atom. The Balaban J connectivity index is 2.85. The molecule has 0 unspecified atom stereocenters. The molecule has 0 aliphatic heterocycles. The highest BCUT2D eigenvalue weighted by molar-refractivity contribution is 6.74. The van der Waals surface area contributed by atoms with Crippen LogP contribution in [-0.4, -0.2) is 20.2 Å². The highest BCUT2D eigenvalue weighted by atomic mass is 28.4. The summed E-state index contributed by atoms with van der Waals surface area (Å²) < 4.78 is 6.28. The van der Waals surface area contributed by atoms with Gasteiger partial charge >= 0.3 is 0 Å². The van der Waals surface area contributed by atoms with Crippen molar-refractivity contribution in [2.24, 2.45) is 5.41 Å². The Labute approximate surface area is 101 Å². The lowest BCUT2D eigenvalue weighted by Gasteiger charge is -2.41. The maximum absolute atomic E-state index is 11.9. The molecule has 1 atom stereocenters. The van der Waals surface area contributed by atoms with E-state index in [-0.39, 0.29) is 16.6 Å². The second kappa shape index (κ2) is 3.95. The quantitative estimate of drug-likeness (QED) is 0.689. The van der Waals surface area contributed by atoms with Gasteiger partial charge in [-0.25, -0.2) is 0 Å². The van der Waals surface area contributed by atoms with Gasteiger partial charge in [0.15, 0.2) is 14.1 Å². The van der Waals surface area contributed by atoms with E-state index in [1.54, 1.807) is 0 Å². The first-order chi connectivity index (χ1) is 6.97. The van der Waals surface area contributed by atoms with Crippen molar-refractivity contribution in [1.29, 1.82) is 0 Å². The first-order valence-corrected chi connectivity index (χ1v) is 9.09. The van der Waals surface area contributed by atoms with Crippen molar-refractivity contribution in [2.45, 2.75) is 71.7 Å². The van der Waals surface area contributed by atoms with Gasteiger partial charge in [-0.2, -0.15) is 0 Å². The molecular weight excluding hydrogens is 216 g/mol. The number of hydrogen-bond acceptors (Lipinski definition) is 2. The maximum Gasteiger partial charge on any atom is 0.193 e. The standard InChI is InChI=1S/C13H26O2Si/c1-12(2,3)16(6,7)15-11-10(14)8-9-13(11,4)5/h11H,8-9H2,1-7H3/t11-/m1/s1. The summed E-state index contributed by atoms with van der Waals surface area (Å²) in [5.41, 5.74) is 0.0204. The molecule has 0 radical (unpaired) electrons. The minimum Gasteiger partial charge on any atom is -0.406 e. The van der Waals surface area contributed by atoms with Crippen LogP contribution >= 0.6 is 0 Å². The molecule has 0 bridgehead atoms. The van der Waals surface area contributed by atoms with Crippen molar-refractivity contribution in [3.63, 3.8) is 0 Å². The third kappa shape index (κ3) is 2.57. The van der Waals surface area contributed by atoms with Gasteiger partial charge in [0, 0.05) is 6.42 Å². The molecule has 1 aliphatic carbocycles. The number of Topliss-reactive ketones (excluding diaryl/α,β-unsaturated/α-hetero) is 1. The second-order valence-electron chi connectivity index (χ2n) is 7.21. The molecule has 0 saturated heterocycles. The van der Waals surface area contributed by atoms with Crippen LogP contribution in [0.4, 0.5) is 0 Å². The van der Waals surface area contributed by atoms with Crippen molar-refractivity contribution in [3.05, 3.63) is 0 Å². The molecule has 94 valence electrons. The van der Waals surface area contributed by atoms with Gasteiger partial charge in [0.2, 0.25) is 0 Å². The van der Waals surface area contributed by atoms with Crippen molar-refractivity contribution >= 4 is 14.1 Å². The predicted octanol–water partition coefficient (Wildman–Crippen LogP) is 3.77. The molecule has 0 aromatic rings. The zero-order chi connectivity index (χ0) is 12.8. The smallest absolute Gasteiger partial charge is 0.193 e. The van der Waals surface area contributed by atoms with Gasteiger partial charge in [-0.3, -0.25) is 4.79 Å². The molecule has 1 rings (SSSR count). The van der Waals surface area contributed by atoms with E-state index in [2.05, 4.69) is 47.7 Å². The molecule has 3 heteroatoms. The lowest BCUT2D eigenvalue weighted by molar-refractivity contribution is -0.126. The van der Waals surface area contributed by atoms with Crippen LogP contribution in [0.3, 0.4) is 0 Å². The Morgan fingerprint density at radius 2 is 1.81 bits per heavy atom. The minimum atomic E-state index is -1.82. The molecule has 0 amide bonds. The minimum absolute atomic E-state index is 0.0204. The molecule has 1 fully saturated rings. The number of carbonyl (C=O) groups is 1. The summed E-state index contributed by atoms with van der Waals surface area (Å²) in [4.78, 5) is 11.9. The fourth-order valence-electron chi connectivity index (χ4n) is 1.84. The Hall–Kier alpha value is -0.153. The topological polar surface area (TPSA) is 26.3 Å². The van der Waals surface area contributed by atoms with Gasteiger partial charge in [-0.05, 0) is 30.0 Å². The van der Waals surface area contributed by atoms with Crippen LogP contribution in [0.25, 0.3) is 0 Å². The zero-order valence-electron chi connectivity index (χ0n) is 11.8. The number of hydrogen-bond donors (Lipinski definition) is 0.